The number of carbonyl (C=O) groups excluding carboxylic acids is 1. The Kier molecular flexibility index (Phi) is 3.50. The van der Waals surface area contributed by atoms with Gasteiger partial charge >= 0.3 is 0 Å². The molecule has 2 aliphatic heterocycles. The molecular weight excluding hydrogens is 272 g/mol. The minimum Gasteiger partial charge on any atom is -0.332 e. The molecular formula is C17H21F2NO. The minimum atomic E-state index is -2.57. The van der Waals surface area contributed by atoms with E-state index in [1.165, 1.54) is 0 Å². The number of carbonyl (C=O) groups is 1. The van der Waals surface area contributed by atoms with Gasteiger partial charge in [0.05, 0.1) is 6.04 Å². The fourth-order valence-corrected chi connectivity index (χ4v) is 3.99. The van der Waals surface area contributed by atoms with Crippen molar-refractivity contribution in [3.63, 3.8) is 0 Å². The van der Waals surface area contributed by atoms with E-state index in [0.29, 0.717) is 6.42 Å². The summed E-state index contributed by atoms with van der Waals surface area (Å²) >= 11 is 0. The molecule has 0 aliphatic carbocycles. The molecule has 0 radical (unpaired) electrons. The number of amides is 1. The predicted octanol–water partition coefficient (Wildman–Crippen LogP) is 4.09. The van der Waals surface area contributed by atoms with Crippen molar-refractivity contribution in [3.05, 3.63) is 35.4 Å². The van der Waals surface area contributed by atoms with Crippen LogP contribution in [-0.4, -0.2) is 23.3 Å². The number of alkyl halides is 2. The number of fused-ring (bicyclic) bond motifs is 1. The molecule has 1 aromatic carbocycles. The van der Waals surface area contributed by atoms with E-state index in [9.17, 15) is 13.6 Å². The number of hydrogen-bond acceptors (Lipinski definition) is 1. The molecule has 2 fully saturated rings. The molecule has 1 unspecified atom stereocenters. The third-order valence-electron chi connectivity index (χ3n) is 5.24. The summed E-state index contributed by atoms with van der Waals surface area (Å²) in [6.07, 6.45) is -0.333. The summed E-state index contributed by atoms with van der Waals surface area (Å²) in [7, 11) is 0. The first-order valence-corrected chi connectivity index (χ1v) is 7.67. The summed E-state index contributed by atoms with van der Waals surface area (Å²) in [5, 5.41) is 0. The second kappa shape index (κ2) is 5.08. The fourth-order valence-electron chi connectivity index (χ4n) is 3.99. The first kappa shape index (κ1) is 14.5. The van der Waals surface area contributed by atoms with Crippen LogP contribution in [0.5, 0.6) is 0 Å². The smallest absolute Gasteiger partial charge is 0.252 e. The monoisotopic (exact) mass is 293 g/mol. The lowest BCUT2D eigenvalue weighted by Gasteiger charge is -2.29. The van der Waals surface area contributed by atoms with Gasteiger partial charge in [-0.15, -0.1) is 0 Å². The van der Waals surface area contributed by atoms with Crippen molar-refractivity contribution in [1.29, 1.82) is 0 Å². The molecule has 1 aromatic rings. The standard InChI is InChI=1S/C17H21F2NO/c1-3-17(15(18)19)10-13-7-8-14(20(13)16(17)21)12-6-4-5-11(2)9-12/h4-6,9,13-15H,3,7-8,10H2,1-2H3/t13-,14-,17?/m0/s1. The van der Waals surface area contributed by atoms with Gasteiger partial charge in [-0.05, 0) is 38.2 Å². The molecule has 2 aliphatic rings. The van der Waals surface area contributed by atoms with Crippen molar-refractivity contribution in [2.45, 2.75) is 58.0 Å². The number of hydrogen-bond donors (Lipinski definition) is 0. The lowest BCUT2D eigenvalue weighted by Crippen LogP contribution is -2.40. The Labute approximate surface area is 124 Å². The van der Waals surface area contributed by atoms with Gasteiger partial charge in [0.2, 0.25) is 5.91 Å². The third kappa shape index (κ3) is 2.07. The molecule has 0 aromatic heterocycles. The Morgan fingerprint density at radius 3 is 2.76 bits per heavy atom. The van der Waals surface area contributed by atoms with Gasteiger partial charge in [0, 0.05) is 6.04 Å². The molecule has 0 bridgehead atoms. The summed E-state index contributed by atoms with van der Waals surface area (Å²) in [4.78, 5) is 14.5. The molecule has 4 heteroatoms. The summed E-state index contributed by atoms with van der Waals surface area (Å²) in [6.45, 7) is 3.71. The second-order valence-electron chi connectivity index (χ2n) is 6.39. The van der Waals surface area contributed by atoms with Crippen molar-refractivity contribution in [3.8, 4) is 0 Å². The zero-order valence-electron chi connectivity index (χ0n) is 12.5. The van der Waals surface area contributed by atoms with Crippen LogP contribution in [-0.2, 0) is 4.79 Å². The summed E-state index contributed by atoms with van der Waals surface area (Å²) in [6, 6.07) is 8.00. The lowest BCUT2D eigenvalue weighted by molar-refractivity contribution is -0.146. The summed E-state index contributed by atoms with van der Waals surface area (Å²) in [5.41, 5.74) is 0.762. The van der Waals surface area contributed by atoms with Gasteiger partial charge in [0.15, 0.2) is 0 Å². The molecule has 114 valence electrons. The van der Waals surface area contributed by atoms with Gasteiger partial charge in [-0.2, -0.15) is 0 Å². The van der Waals surface area contributed by atoms with Crippen LogP contribution in [0.4, 0.5) is 8.78 Å². The third-order valence-corrected chi connectivity index (χ3v) is 5.24. The van der Waals surface area contributed by atoms with Gasteiger partial charge < -0.3 is 4.90 Å². The molecule has 2 nitrogen and oxygen atoms in total. The Morgan fingerprint density at radius 1 is 1.38 bits per heavy atom. The van der Waals surface area contributed by atoms with E-state index in [1.54, 1.807) is 11.8 Å². The van der Waals surface area contributed by atoms with Gasteiger partial charge in [0.25, 0.3) is 6.43 Å². The maximum absolute atomic E-state index is 13.5. The molecule has 1 amide bonds. The van der Waals surface area contributed by atoms with E-state index in [0.717, 1.165) is 24.0 Å². The van der Waals surface area contributed by atoms with E-state index in [-0.39, 0.29) is 24.4 Å². The maximum atomic E-state index is 13.5. The van der Waals surface area contributed by atoms with Gasteiger partial charge in [0.1, 0.15) is 5.41 Å². The summed E-state index contributed by atoms with van der Waals surface area (Å²) in [5.74, 6) is -0.339. The van der Waals surface area contributed by atoms with Crippen LogP contribution in [0.25, 0.3) is 0 Å². The van der Waals surface area contributed by atoms with Crippen LogP contribution in [0.1, 0.15) is 49.8 Å². The van der Waals surface area contributed by atoms with Gasteiger partial charge in [-0.1, -0.05) is 36.8 Å². The number of rotatable bonds is 3. The van der Waals surface area contributed by atoms with Gasteiger partial charge in [-0.25, -0.2) is 8.78 Å². The largest absolute Gasteiger partial charge is 0.332 e. The molecule has 2 heterocycles. The Bertz CT molecular complexity index is 559. The first-order valence-electron chi connectivity index (χ1n) is 7.67. The van der Waals surface area contributed by atoms with Crippen LogP contribution >= 0.6 is 0 Å². The maximum Gasteiger partial charge on any atom is 0.252 e. The van der Waals surface area contributed by atoms with Crippen LogP contribution in [0.3, 0.4) is 0 Å². The van der Waals surface area contributed by atoms with Crippen molar-refractivity contribution < 1.29 is 13.6 Å². The highest BCUT2D eigenvalue weighted by molar-refractivity contribution is 5.86. The molecule has 3 rings (SSSR count). The molecule has 3 atom stereocenters. The average molecular weight is 293 g/mol. The van der Waals surface area contributed by atoms with E-state index in [2.05, 4.69) is 6.07 Å². The van der Waals surface area contributed by atoms with E-state index in [1.807, 2.05) is 25.1 Å². The molecule has 0 N–H and O–H groups in total. The molecule has 21 heavy (non-hydrogen) atoms. The quantitative estimate of drug-likeness (QED) is 0.822. The number of halogens is 2. The van der Waals surface area contributed by atoms with E-state index < -0.39 is 11.8 Å². The summed E-state index contributed by atoms with van der Waals surface area (Å²) < 4.78 is 27.0. The highest BCUT2D eigenvalue weighted by Gasteiger charge is 2.59. The Morgan fingerprint density at radius 2 is 2.14 bits per heavy atom. The van der Waals surface area contributed by atoms with Crippen LogP contribution in [0.15, 0.2) is 24.3 Å². The van der Waals surface area contributed by atoms with Crippen LogP contribution < -0.4 is 0 Å². The van der Waals surface area contributed by atoms with Crippen molar-refractivity contribution in [2.75, 3.05) is 0 Å². The first-order chi connectivity index (χ1) is 9.99. The predicted molar refractivity (Wildman–Crippen MR) is 77.1 cm³/mol. The zero-order chi connectivity index (χ0) is 15.2. The average Bonchev–Trinajstić information content (AvgIpc) is 2.98. The molecule has 2 saturated heterocycles. The van der Waals surface area contributed by atoms with Crippen LogP contribution in [0.2, 0.25) is 0 Å². The molecule has 0 spiro atoms. The number of aryl methyl sites for hydroxylation is 1. The lowest BCUT2D eigenvalue weighted by atomic mass is 9.81. The van der Waals surface area contributed by atoms with Crippen molar-refractivity contribution in [1.82, 2.24) is 4.90 Å². The minimum absolute atomic E-state index is 0.0167. The van der Waals surface area contributed by atoms with E-state index in [4.69, 9.17) is 0 Å². The van der Waals surface area contributed by atoms with Crippen molar-refractivity contribution in [2.24, 2.45) is 5.41 Å². The second-order valence-corrected chi connectivity index (χ2v) is 6.39. The number of nitrogens with zero attached hydrogens (tertiary/aromatic N) is 1. The Hall–Kier alpha value is -1.45. The van der Waals surface area contributed by atoms with Crippen molar-refractivity contribution >= 4 is 5.91 Å². The zero-order valence-corrected chi connectivity index (χ0v) is 12.5. The molecule has 0 saturated carbocycles. The fraction of sp³-hybridized carbons (Fsp3) is 0.588. The van der Waals surface area contributed by atoms with Gasteiger partial charge in [-0.3, -0.25) is 4.79 Å². The van der Waals surface area contributed by atoms with E-state index >= 15 is 0 Å². The Balaban J connectivity index is 1.94. The SMILES string of the molecule is CCC1(C(F)F)C[C@@H]2CC[C@@H](c3cccc(C)c3)N2C1=O. The highest BCUT2D eigenvalue weighted by atomic mass is 19.3. The highest BCUT2D eigenvalue weighted by Crippen LogP contribution is 2.52. The number of benzene rings is 1. The topological polar surface area (TPSA) is 20.3 Å². The van der Waals surface area contributed by atoms with Crippen LogP contribution in [0, 0.1) is 12.3 Å². The normalized spacial score (nSPS) is 32.0.